The minimum Gasteiger partial charge on any atom is -0.507 e. The largest absolute Gasteiger partial charge is 0.507 e. The lowest BCUT2D eigenvalue weighted by molar-refractivity contribution is -0.141. The van der Waals surface area contributed by atoms with Gasteiger partial charge in [-0.05, 0) is 26.7 Å². The molecule has 0 fully saturated rings. The third-order valence-electron chi connectivity index (χ3n) is 2.38. The van der Waals surface area contributed by atoms with Crippen LogP contribution in [0.15, 0.2) is 16.3 Å². The number of cyclic esters (lactones) is 1. The lowest BCUT2D eigenvalue weighted by Crippen LogP contribution is -2.18. The van der Waals surface area contributed by atoms with E-state index in [0.717, 1.165) is 0 Å². The smallest absolute Gasteiger partial charge is 0.344 e. The molecule has 1 atom stereocenters. The summed E-state index contributed by atoms with van der Waals surface area (Å²) in [5.41, 5.74) is 0.771. The quantitative estimate of drug-likeness (QED) is 0.592. The Morgan fingerprint density at radius 2 is 1.94 bits per heavy atom. The van der Waals surface area contributed by atoms with Crippen molar-refractivity contribution in [2.24, 2.45) is 10.9 Å². The van der Waals surface area contributed by atoms with E-state index in [9.17, 15) is 9.90 Å². The Morgan fingerprint density at radius 3 is 2.31 bits per heavy atom. The molecular weight excluding hydrogens is 206 g/mol. The molecule has 4 heteroatoms. The van der Waals surface area contributed by atoms with Crippen molar-refractivity contribution in [3.05, 3.63) is 11.3 Å². The van der Waals surface area contributed by atoms with E-state index in [1.807, 2.05) is 27.7 Å². The van der Waals surface area contributed by atoms with E-state index in [2.05, 4.69) is 4.99 Å². The zero-order valence-electron chi connectivity index (χ0n) is 10.4. The minimum absolute atomic E-state index is 0.0156. The highest BCUT2D eigenvalue weighted by Gasteiger charge is 2.37. The molecule has 90 valence electrons. The van der Waals surface area contributed by atoms with Crippen molar-refractivity contribution < 1.29 is 14.6 Å². The Kier molecular flexibility index (Phi) is 3.73. The van der Waals surface area contributed by atoms with Gasteiger partial charge >= 0.3 is 5.97 Å². The van der Waals surface area contributed by atoms with Gasteiger partial charge < -0.3 is 9.84 Å². The van der Waals surface area contributed by atoms with Crippen LogP contribution < -0.4 is 0 Å². The highest BCUT2D eigenvalue weighted by Crippen LogP contribution is 2.27. The van der Waals surface area contributed by atoms with Crippen LogP contribution in [0.5, 0.6) is 0 Å². The molecule has 0 spiro atoms. The SMILES string of the molecule is CC(=NC(C)C)C1=C(O)C(C(C)C)OC1=O. The zero-order valence-corrected chi connectivity index (χ0v) is 10.4. The minimum atomic E-state index is -0.528. The number of esters is 1. The molecule has 1 N–H and O–H groups in total. The molecule has 0 amide bonds. The second-order valence-corrected chi connectivity index (χ2v) is 4.64. The molecule has 1 unspecified atom stereocenters. The molecule has 0 aliphatic carbocycles. The van der Waals surface area contributed by atoms with E-state index in [-0.39, 0.29) is 23.3 Å². The average Bonchev–Trinajstić information content (AvgIpc) is 2.40. The molecule has 0 radical (unpaired) electrons. The highest BCUT2D eigenvalue weighted by molar-refractivity contribution is 6.20. The summed E-state index contributed by atoms with van der Waals surface area (Å²) in [6.45, 7) is 9.34. The first-order chi connectivity index (χ1) is 7.34. The Hall–Kier alpha value is -1.32. The lowest BCUT2D eigenvalue weighted by atomic mass is 10.0. The molecular formula is C12H19NO3. The second kappa shape index (κ2) is 4.68. The van der Waals surface area contributed by atoms with Crippen LogP contribution in [0.3, 0.4) is 0 Å². The Bertz CT molecular complexity index is 353. The normalized spacial score (nSPS) is 22.3. The predicted molar refractivity (Wildman–Crippen MR) is 62.6 cm³/mol. The Balaban J connectivity index is 3.07. The van der Waals surface area contributed by atoms with Crippen molar-refractivity contribution in [3.8, 4) is 0 Å². The van der Waals surface area contributed by atoms with Gasteiger partial charge in [-0.25, -0.2) is 4.79 Å². The molecule has 16 heavy (non-hydrogen) atoms. The number of aliphatic imine (C=N–C) groups is 1. The standard InChI is InChI=1S/C12H19NO3/c1-6(2)11-10(14)9(12(15)16-11)8(5)13-7(3)4/h6-7,11,14H,1-5H3. The molecule has 0 bridgehead atoms. The van der Waals surface area contributed by atoms with Crippen LogP contribution in [0.25, 0.3) is 0 Å². The van der Waals surface area contributed by atoms with Gasteiger partial charge in [0.2, 0.25) is 0 Å². The molecule has 0 aromatic heterocycles. The first-order valence-corrected chi connectivity index (χ1v) is 5.53. The van der Waals surface area contributed by atoms with Crippen LogP contribution in [-0.4, -0.2) is 28.9 Å². The molecule has 0 saturated heterocycles. The van der Waals surface area contributed by atoms with Crippen LogP contribution in [0, 0.1) is 5.92 Å². The molecule has 1 aliphatic rings. The fourth-order valence-electron chi connectivity index (χ4n) is 1.71. The number of carbonyl (C=O) groups is 1. The number of ether oxygens (including phenoxy) is 1. The van der Waals surface area contributed by atoms with Crippen molar-refractivity contribution in [1.82, 2.24) is 0 Å². The maximum absolute atomic E-state index is 11.6. The first-order valence-electron chi connectivity index (χ1n) is 5.53. The first kappa shape index (κ1) is 12.7. The Morgan fingerprint density at radius 1 is 1.38 bits per heavy atom. The number of rotatable bonds is 3. The molecule has 4 nitrogen and oxygen atoms in total. The third-order valence-corrected chi connectivity index (χ3v) is 2.38. The number of hydrogen-bond donors (Lipinski definition) is 1. The Labute approximate surface area is 96.0 Å². The van der Waals surface area contributed by atoms with Crippen molar-refractivity contribution in [3.63, 3.8) is 0 Å². The van der Waals surface area contributed by atoms with Crippen LogP contribution in [0.2, 0.25) is 0 Å². The summed E-state index contributed by atoms with van der Waals surface area (Å²) in [6, 6.07) is 0.0891. The van der Waals surface area contributed by atoms with Gasteiger partial charge in [0.25, 0.3) is 0 Å². The van der Waals surface area contributed by atoms with Crippen molar-refractivity contribution >= 4 is 11.7 Å². The lowest BCUT2D eigenvalue weighted by Gasteiger charge is -2.13. The van der Waals surface area contributed by atoms with Crippen LogP contribution >= 0.6 is 0 Å². The van der Waals surface area contributed by atoms with Crippen molar-refractivity contribution in [2.75, 3.05) is 0 Å². The van der Waals surface area contributed by atoms with Crippen LogP contribution in [-0.2, 0) is 9.53 Å². The van der Waals surface area contributed by atoms with E-state index in [1.54, 1.807) is 6.92 Å². The summed E-state index contributed by atoms with van der Waals surface area (Å²) in [6.07, 6.45) is -0.528. The van der Waals surface area contributed by atoms with Gasteiger partial charge in [0.1, 0.15) is 11.3 Å². The number of aliphatic hydroxyl groups excluding tert-OH is 1. The summed E-state index contributed by atoms with van der Waals surface area (Å²) in [4.78, 5) is 15.9. The molecule has 1 aliphatic heterocycles. The van der Waals surface area contributed by atoms with E-state index in [0.29, 0.717) is 5.71 Å². The summed E-state index contributed by atoms with van der Waals surface area (Å²) in [5.74, 6) is -0.395. The highest BCUT2D eigenvalue weighted by atomic mass is 16.6. The monoisotopic (exact) mass is 225 g/mol. The summed E-state index contributed by atoms with van der Waals surface area (Å²) in [7, 11) is 0. The van der Waals surface area contributed by atoms with E-state index in [4.69, 9.17) is 4.74 Å². The molecule has 0 saturated carbocycles. The van der Waals surface area contributed by atoms with Gasteiger partial charge in [0.05, 0.1) is 5.71 Å². The predicted octanol–water partition coefficient (Wildman–Crippen LogP) is 2.25. The van der Waals surface area contributed by atoms with Gasteiger partial charge in [-0.2, -0.15) is 0 Å². The average molecular weight is 225 g/mol. The summed E-state index contributed by atoms with van der Waals surface area (Å²) >= 11 is 0. The fraction of sp³-hybridized carbons (Fsp3) is 0.667. The number of aliphatic hydroxyl groups is 1. The van der Waals surface area contributed by atoms with Gasteiger partial charge in [-0.1, -0.05) is 13.8 Å². The van der Waals surface area contributed by atoms with E-state index < -0.39 is 12.1 Å². The van der Waals surface area contributed by atoms with Crippen LogP contribution in [0.1, 0.15) is 34.6 Å². The maximum atomic E-state index is 11.6. The summed E-state index contributed by atoms with van der Waals surface area (Å²) in [5, 5.41) is 9.93. The topological polar surface area (TPSA) is 58.9 Å². The number of carbonyl (C=O) groups excluding carboxylic acids is 1. The third kappa shape index (κ3) is 2.43. The molecule has 1 heterocycles. The molecule has 0 aromatic rings. The van der Waals surface area contributed by atoms with Gasteiger partial charge in [-0.15, -0.1) is 0 Å². The van der Waals surface area contributed by atoms with Crippen LogP contribution in [0.4, 0.5) is 0 Å². The van der Waals surface area contributed by atoms with E-state index in [1.165, 1.54) is 0 Å². The zero-order chi connectivity index (χ0) is 12.5. The van der Waals surface area contributed by atoms with Gasteiger partial charge in [-0.3, -0.25) is 4.99 Å². The molecule has 0 aromatic carbocycles. The number of nitrogens with zero attached hydrogens (tertiary/aromatic N) is 1. The number of hydrogen-bond acceptors (Lipinski definition) is 4. The molecule has 1 rings (SSSR count). The van der Waals surface area contributed by atoms with E-state index >= 15 is 0 Å². The van der Waals surface area contributed by atoms with Gasteiger partial charge in [0.15, 0.2) is 6.10 Å². The fourth-order valence-corrected chi connectivity index (χ4v) is 1.71. The van der Waals surface area contributed by atoms with Crippen molar-refractivity contribution in [1.29, 1.82) is 0 Å². The second-order valence-electron chi connectivity index (χ2n) is 4.64. The maximum Gasteiger partial charge on any atom is 0.344 e. The summed E-state index contributed by atoms with van der Waals surface area (Å²) < 4.78 is 5.11. The van der Waals surface area contributed by atoms with Gasteiger partial charge in [0, 0.05) is 6.04 Å². The van der Waals surface area contributed by atoms with Crippen molar-refractivity contribution in [2.45, 2.75) is 46.8 Å².